The summed E-state index contributed by atoms with van der Waals surface area (Å²) in [6.07, 6.45) is 0.709. The molecule has 100 valence electrons. The fourth-order valence-corrected chi connectivity index (χ4v) is 2.29. The van der Waals surface area contributed by atoms with Crippen molar-refractivity contribution in [2.75, 3.05) is 6.54 Å². The summed E-state index contributed by atoms with van der Waals surface area (Å²) in [4.78, 5) is 25.0. The average Bonchev–Trinajstić information content (AvgIpc) is 2.80. The van der Waals surface area contributed by atoms with Crippen molar-refractivity contribution in [2.24, 2.45) is 5.10 Å². The highest BCUT2D eigenvalue weighted by Crippen LogP contribution is 2.13. The second kappa shape index (κ2) is 4.45. The van der Waals surface area contributed by atoms with Gasteiger partial charge < -0.3 is 9.47 Å². The van der Waals surface area contributed by atoms with Crippen LogP contribution in [0.15, 0.2) is 5.10 Å². The quantitative estimate of drug-likeness (QED) is 0.716. The molecule has 1 aromatic heterocycles. The monoisotopic (exact) mass is 262 g/mol. The van der Waals surface area contributed by atoms with Gasteiger partial charge >= 0.3 is 0 Å². The fourth-order valence-electron chi connectivity index (χ4n) is 2.29. The number of hydrogen-bond acceptors (Lipinski definition) is 5. The molecule has 3 heterocycles. The molecule has 0 unspecified atom stereocenters. The van der Waals surface area contributed by atoms with E-state index in [0.29, 0.717) is 38.2 Å². The lowest BCUT2D eigenvalue weighted by Gasteiger charge is -2.28. The standard InChI is InChI=1S/C11H14N6O2/c1-7-12-14-9-6-16(4-5-17(7)9)11(19)8-2-3-10(18)15-13-8/h2-6H2,1H3,(H,15,18). The molecule has 0 saturated carbocycles. The van der Waals surface area contributed by atoms with Crippen LogP contribution in [0.1, 0.15) is 24.5 Å². The highest BCUT2D eigenvalue weighted by Gasteiger charge is 2.27. The first kappa shape index (κ1) is 11.8. The van der Waals surface area contributed by atoms with Gasteiger partial charge in [-0.3, -0.25) is 9.59 Å². The first-order valence-corrected chi connectivity index (χ1v) is 6.18. The van der Waals surface area contributed by atoms with Crippen LogP contribution in [0.5, 0.6) is 0 Å². The predicted octanol–water partition coefficient (Wildman–Crippen LogP) is -0.805. The van der Waals surface area contributed by atoms with Gasteiger partial charge in [-0.1, -0.05) is 0 Å². The van der Waals surface area contributed by atoms with E-state index in [1.54, 1.807) is 4.90 Å². The van der Waals surface area contributed by atoms with E-state index < -0.39 is 0 Å². The minimum Gasteiger partial charge on any atom is -0.328 e. The van der Waals surface area contributed by atoms with Gasteiger partial charge in [-0.2, -0.15) is 5.10 Å². The number of nitrogens with zero attached hydrogens (tertiary/aromatic N) is 5. The fraction of sp³-hybridized carbons (Fsp3) is 0.545. The van der Waals surface area contributed by atoms with E-state index in [2.05, 4.69) is 20.7 Å². The lowest BCUT2D eigenvalue weighted by Crippen LogP contribution is -2.44. The molecule has 0 aliphatic carbocycles. The molecular formula is C11H14N6O2. The summed E-state index contributed by atoms with van der Waals surface area (Å²) in [7, 11) is 0. The van der Waals surface area contributed by atoms with E-state index in [9.17, 15) is 9.59 Å². The van der Waals surface area contributed by atoms with Gasteiger partial charge in [-0.15, -0.1) is 10.2 Å². The normalized spacial score (nSPS) is 18.7. The number of carbonyl (C=O) groups is 2. The molecule has 0 atom stereocenters. The van der Waals surface area contributed by atoms with Gasteiger partial charge in [0.2, 0.25) is 5.91 Å². The van der Waals surface area contributed by atoms with Gasteiger partial charge in [0.05, 0.1) is 6.54 Å². The van der Waals surface area contributed by atoms with Crippen LogP contribution >= 0.6 is 0 Å². The van der Waals surface area contributed by atoms with Crippen molar-refractivity contribution in [3.05, 3.63) is 11.6 Å². The molecule has 0 spiro atoms. The topological polar surface area (TPSA) is 92.5 Å². The number of hydrogen-bond donors (Lipinski definition) is 1. The zero-order valence-corrected chi connectivity index (χ0v) is 10.6. The van der Waals surface area contributed by atoms with Gasteiger partial charge in [-0.25, -0.2) is 5.43 Å². The molecule has 1 N–H and O–H groups in total. The number of carbonyl (C=O) groups excluding carboxylic acids is 2. The summed E-state index contributed by atoms with van der Waals surface area (Å²) in [5.41, 5.74) is 2.75. The molecule has 2 amide bonds. The third-order valence-electron chi connectivity index (χ3n) is 3.38. The Kier molecular flexibility index (Phi) is 2.77. The highest BCUT2D eigenvalue weighted by atomic mass is 16.2. The summed E-state index contributed by atoms with van der Waals surface area (Å²) < 4.78 is 2.01. The zero-order valence-electron chi connectivity index (χ0n) is 10.6. The summed E-state index contributed by atoms with van der Waals surface area (Å²) >= 11 is 0. The van der Waals surface area contributed by atoms with Crippen LogP contribution in [-0.2, 0) is 22.7 Å². The van der Waals surface area contributed by atoms with Crippen molar-refractivity contribution in [1.82, 2.24) is 25.1 Å². The third-order valence-corrected chi connectivity index (χ3v) is 3.38. The number of amides is 2. The summed E-state index contributed by atoms with van der Waals surface area (Å²) in [5, 5.41) is 11.9. The third kappa shape index (κ3) is 2.09. The van der Waals surface area contributed by atoms with Crippen molar-refractivity contribution in [3.63, 3.8) is 0 Å². The summed E-state index contributed by atoms with van der Waals surface area (Å²) in [5.74, 6) is 1.37. The van der Waals surface area contributed by atoms with Crippen LogP contribution in [0.2, 0.25) is 0 Å². The van der Waals surface area contributed by atoms with Gasteiger partial charge in [0.25, 0.3) is 5.91 Å². The van der Waals surface area contributed by atoms with Crippen molar-refractivity contribution >= 4 is 17.5 Å². The molecule has 8 heteroatoms. The molecule has 19 heavy (non-hydrogen) atoms. The molecule has 1 aromatic rings. The minimum atomic E-state index is -0.148. The minimum absolute atomic E-state index is 0.132. The molecular weight excluding hydrogens is 248 g/mol. The van der Waals surface area contributed by atoms with Crippen molar-refractivity contribution in [1.29, 1.82) is 0 Å². The second-order valence-corrected chi connectivity index (χ2v) is 4.64. The van der Waals surface area contributed by atoms with Crippen LogP contribution in [0.25, 0.3) is 0 Å². The van der Waals surface area contributed by atoms with E-state index in [0.717, 1.165) is 11.6 Å². The Bertz CT molecular complexity index is 576. The molecule has 0 saturated heterocycles. The summed E-state index contributed by atoms with van der Waals surface area (Å²) in [6.45, 7) is 3.64. The lowest BCUT2D eigenvalue weighted by molar-refractivity contribution is -0.126. The van der Waals surface area contributed by atoms with Crippen LogP contribution in [0, 0.1) is 6.92 Å². The lowest BCUT2D eigenvalue weighted by atomic mass is 10.1. The first-order chi connectivity index (χ1) is 9.15. The Morgan fingerprint density at radius 1 is 1.26 bits per heavy atom. The van der Waals surface area contributed by atoms with E-state index in [-0.39, 0.29) is 11.8 Å². The van der Waals surface area contributed by atoms with E-state index in [4.69, 9.17) is 0 Å². The first-order valence-electron chi connectivity index (χ1n) is 6.18. The Hall–Kier alpha value is -2.25. The molecule has 2 aliphatic rings. The molecule has 0 fully saturated rings. The van der Waals surface area contributed by atoms with Crippen LogP contribution < -0.4 is 5.43 Å². The molecule has 0 aromatic carbocycles. The smallest absolute Gasteiger partial charge is 0.270 e. The number of nitrogens with one attached hydrogen (secondary N) is 1. The van der Waals surface area contributed by atoms with E-state index >= 15 is 0 Å². The van der Waals surface area contributed by atoms with Crippen LogP contribution in [0.4, 0.5) is 0 Å². The summed E-state index contributed by atoms with van der Waals surface area (Å²) in [6, 6.07) is 0. The molecule has 0 radical (unpaired) electrons. The average molecular weight is 262 g/mol. The number of aryl methyl sites for hydroxylation is 1. The highest BCUT2D eigenvalue weighted by molar-refractivity contribution is 6.39. The molecule has 2 aliphatic heterocycles. The van der Waals surface area contributed by atoms with E-state index in [1.807, 2.05) is 11.5 Å². The Labute approximate surface area is 109 Å². The van der Waals surface area contributed by atoms with Gasteiger partial charge in [-0.05, 0) is 6.92 Å². The predicted molar refractivity (Wildman–Crippen MR) is 65.0 cm³/mol. The van der Waals surface area contributed by atoms with E-state index in [1.165, 1.54) is 0 Å². The van der Waals surface area contributed by atoms with Crippen molar-refractivity contribution in [2.45, 2.75) is 32.9 Å². The maximum absolute atomic E-state index is 12.3. The number of aromatic nitrogens is 3. The van der Waals surface area contributed by atoms with Crippen molar-refractivity contribution in [3.8, 4) is 0 Å². The van der Waals surface area contributed by atoms with Gasteiger partial charge in [0.15, 0.2) is 5.82 Å². The van der Waals surface area contributed by atoms with Crippen LogP contribution in [-0.4, -0.2) is 43.7 Å². The Morgan fingerprint density at radius 3 is 2.84 bits per heavy atom. The number of fused-ring (bicyclic) bond motifs is 1. The second-order valence-electron chi connectivity index (χ2n) is 4.64. The van der Waals surface area contributed by atoms with Gasteiger partial charge in [0.1, 0.15) is 11.5 Å². The van der Waals surface area contributed by atoms with Crippen molar-refractivity contribution < 1.29 is 9.59 Å². The molecule has 0 bridgehead atoms. The molecule has 3 rings (SSSR count). The maximum Gasteiger partial charge on any atom is 0.270 e. The number of rotatable bonds is 1. The largest absolute Gasteiger partial charge is 0.328 e. The molecule has 8 nitrogen and oxygen atoms in total. The Morgan fingerprint density at radius 2 is 2.11 bits per heavy atom. The Balaban J connectivity index is 1.74. The maximum atomic E-state index is 12.3. The zero-order chi connectivity index (χ0) is 13.4. The SMILES string of the molecule is Cc1nnc2n1CCN(C(=O)C1=NNC(=O)CC1)C2. The van der Waals surface area contributed by atoms with Gasteiger partial charge in [0, 0.05) is 25.9 Å². The number of hydrazone groups is 1. The van der Waals surface area contributed by atoms with Crippen LogP contribution in [0.3, 0.4) is 0 Å².